The van der Waals surface area contributed by atoms with Crippen LogP contribution in [0.1, 0.15) is 29.0 Å². The predicted octanol–water partition coefficient (Wildman–Crippen LogP) is 4.28. The average Bonchev–Trinajstić information content (AvgIpc) is 3.56. The molecule has 0 aliphatic carbocycles. The molecule has 2 saturated heterocycles. The number of piperazine rings is 1. The van der Waals surface area contributed by atoms with Crippen molar-refractivity contribution in [2.75, 3.05) is 57.4 Å². The zero-order valence-corrected chi connectivity index (χ0v) is 26.6. The molecule has 0 unspecified atom stereocenters. The highest BCUT2D eigenvalue weighted by molar-refractivity contribution is 7.88. The average molecular weight is 661 g/mol. The lowest BCUT2D eigenvalue weighted by molar-refractivity contribution is -0.126. The van der Waals surface area contributed by atoms with Crippen LogP contribution < -0.4 is 5.32 Å². The van der Waals surface area contributed by atoms with Crippen molar-refractivity contribution in [2.24, 2.45) is 0 Å². The first-order chi connectivity index (χ1) is 21.4. The number of anilines is 1. The summed E-state index contributed by atoms with van der Waals surface area (Å²) < 4.78 is 65.9. The Morgan fingerprint density at radius 2 is 1.78 bits per heavy atom. The van der Waals surface area contributed by atoms with Gasteiger partial charge in [0.2, 0.25) is 10.0 Å². The molecular weight excluding hydrogens is 626 g/mol. The second-order valence-corrected chi connectivity index (χ2v) is 14.9. The molecular formula is C30H35F3N8O2S2. The quantitative estimate of drug-likeness (QED) is 0.284. The molecule has 2 aliphatic heterocycles. The number of likely N-dealkylation sites (tertiary alicyclic amines) is 1. The molecule has 0 amide bonds. The molecule has 6 rings (SSSR count). The van der Waals surface area contributed by atoms with Crippen LogP contribution in [-0.2, 0) is 29.5 Å². The van der Waals surface area contributed by atoms with Gasteiger partial charge in [-0.25, -0.2) is 18.4 Å². The van der Waals surface area contributed by atoms with E-state index in [1.54, 1.807) is 6.07 Å². The Kier molecular flexibility index (Phi) is 9.04. The highest BCUT2D eigenvalue weighted by atomic mass is 32.2. The van der Waals surface area contributed by atoms with E-state index in [1.807, 2.05) is 10.6 Å². The Morgan fingerprint density at radius 1 is 1.02 bits per heavy atom. The Morgan fingerprint density at radius 3 is 2.47 bits per heavy atom. The normalized spacial score (nSPS) is 18.1. The van der Waals surface area contributed by atoms with Crippen LogP contribution in [-0.4, -0.2) is 101 Å². The molecule has 0 saturated carbocycles. The van der Waals surface area contributed by atoms with Gasteiger partial charge < -0.3 is 9.88 Å². The number of benzene rings is 1. The van der Waals surface area contributed by atoms with Gasteiger partial charge in [0.1, 0.15) is 28.7 Å². The van der Waals surface area contributed by atoms with Crippen molar-refractivity contribution in [3.8, 4) is 6.07 Å². The van der Waals surface area contributed by atoms with Crippen LogP contribution in [0.2, 0.25) is 0 Å². The Bertz CT molecular complexity index is 1820. The first-order valence-electron chi connectivity index (χ1n) is 14.9. The van der Waals surface area contributed by atoms with E-state index < -0.39 is 22.6 Å². The van der Waals surface area contributed by atoms with Crippen LogP contribution in [0.3, 0.4) is 0 Å². The largest absolute Gasteiger partial charge is 0.393 e. The predicted molar refractivity (Wildman–Crippen MR) is 169 cm³/mol. The highest BCUT2D eigenvalue weighted by Gasteiger charge is 2.29. The third-order valence-electron chi connectivity index (χ3n) is 8.61. The lowest BCUT2D eigenvalue weighted by Gasteiger charge is -2.33. The summed E-state index contributed by atoms with van der Waals surface area (Å²) in [5.41, 5.74) is 2.79. The number of hydrogen-bond acceptors (Lipinski definition) is 9. The number of halogens is 3. The lowest BCUT2D eigenvalue weighted by Crippen LogP contribution is -2.48. The molecule has 0 bridgehead atoms. The van der Waals surface area contributed by atoms with E-state index in [-0.39, 0.29) is 10.9 Å². The van der Waals surface area contributed by atoms with Crippen molar-refractivity contribution in [1.82, 2.24) is 28.6 Å². The minimum Gasteiger partial charge on any atom is -0.367 e. The van der Waals surface area contributed by atoms with Crippen LogP contribution in [0.5, 0.6) is 0 Å². The van der Waals surface area contributed by atoms with E-state index in [2.05, 4.69) is 49.4 Å². The van der Waals surface area contributed by atoms with E-state index in [0.29, 0.717) is 54.5 Å². The van der Waals surface area contributed by atoms with E-state index >= 15 is 0 Å². The maximum atomic E-state index is 12.9. The standard InChI is InChI=1S/C30H35F3N8O2S2/c1-45(42,43)40-11-8-38(9-12-40)10-13-41-24(18-34)15-22-14-21(2-3-27(22)41)19-39-6-4-23(5-7-39)37-28-26-16-25(17-30(31,32)33)44-29(26)36-20-35-28/h2-3,14-16,20,23H,4-13,17,19H2,1H3,(H,35,36,37). The number of thiophene rings is 1. The van der Waals surface area contributed by atoms with Gasteiger partial charge in [0, 0.05) is 80.7 Å². The van der Waals surface area contributed by atoms with Crippen molar-refractivity contribution in [2.45, 2.75) is 44.6 Å². The van der Waals surface area contributed by atoms with Crippen LogP contribution in [0, 0.1) is 11.3 Å². The van der Waals surface area contributed by atoms with Gasteiger partial charge in [0.15, 0.2) is 0 Å². The third-order valence-corrected chi connectivity index (χ3v) is 11.0. The molecule has 10 nitrogen and oxygen atoms in total. The summed E-state index contributed by atoms with van der Waals surface area (Å²) >= 11 is 1.06. The summed E-state index contributed by atoms with van der Waals surface area (Å²) in [6.07, 6.45) is -0.832. The molecule has 15 heteroatoms. The van der Waals surface area contributed by atoms with Crippen LogP contribution in [0.4, 0.5) is 19.0 Å². The lowest BCUT2D eigenvalue weighted by atomic mass is 10.0. The Balaban J connectivity index is 1.04. The van der Waals surface area contributed by atoms with E-state index in [4.69, 9.17) is 0 Å². The van der Waals surface area contributed by atoms with Crippen molar-refractivity contribution in [1.29, 1.82) is 5.26 Å². The van der Waals surface area contributed by atoms with Gasteiger partial charge in [0.25, 0.3) is 0 Å². The summed E-state index contributed by atoms with van der Waals surface area (Å²) in [5.74, 6) is 0.586. The number of aromatic nitrogens is 3. The fourth-order valence-corrected chi connectivity index (χ4v) is 8.12. The van der Waals surface area contributed by atoms with Crippen molar-refractivity contribution < 1.29 is 21.6 Å². The SMILES string of the molecule is CS(=O)(=O)N1CCN(CCn2c(C#N)cc3cc(CN4CCC(Nc5ncnc6sc(CC(F)(F)F)cc56)CC4)ccc32)CC1. The third kappa shape index (κ3) is 7.58. The monoisotopic (exact) mass is 660 g/mol. The maximum Gasteiger partial charge on any atom is 0.393 e. The number of alkyl halides is 3. The highest BCUT2D eigenvalue weighted by Crippen LogP contribution is 2.33. The number of hydrogen-bond donors (Lipinski definition) is 1. The molecule has 0 radical (unpaired) electrons. The topological polar surface area (TPSA) is 110 Å². The number of nitriles is 1. The van der Waals surface area contributed by atoms with Gasteiger partial charge in [-0.1, -0.05) is 6.07 Å². The second-order valence-electron chi connectivity index (χ2n) is 11.8. The number of fused-ring (bicyclic) bond motifs is 2. The summed E-state index contributed by atoms with van der Waals surface area (Å²) in [7, 11) is -3.17. The first kappa shape index (κ1) is 31.7. The molecule has 5 heterocycles. The molecule has 240 valence electrons. The van der Waals surface area contributed by atoms with E-state index in [0.717, 1.165) is 61.3 Å². The zero-order valence-electron chi connectivity index (χ0n) is 24.9. The molecule has 0 spiro atoms. The number of rotatable bonds is 9. The smallest absolute Gasteiger partial charge is 0.367 e. The fourth-order valence-electron chi connectivity index (χ4n) is 6.27. The Labute approximate surface area is 264 Å². The summed E-state index contributed by atoms with van der Waals surface area (Å²) in [4.78, 5) is 13.9. The van der Waals surface area contributed by atoms with Gasteiger partial charge >= 0.3 is 6.18 Å². The summed E-state index contributed by atoms with van der Waals surface area (Å²) in [5, 5.41) is 14.9. The van der Waals surface area contributed by atoms with Crippen LogP contribution in [0.15, 0.2) is 36.7 Å². The van der Waals surface area contributed by atoms with Crippen molar-refractivity contribution >= 4 is 48.3 Å². The van der Waals surface area contributed by atoms with Gasteiger partial charge in [0.05, 0.1) is 18.1 Å². The molecule has 4 aromatic rings. The van der Waals surface area contributed by atoms with E-state index in [9.17, 15) is 26.9 Å². The number of nitrogens with zero attached hydrogens (tertiary/aromatic N) is 7. The molecule has 0 atom stereocenters. The minimum absolute atomic E-state index is 0.161. The summed E-state index contributed by atoms with van der Waals surface area (Å²) in [6.45, 7) is 6.21. The number of sulfonamides is 1. The van der Waals surface area contributed by atoms with E-state index in [1.165, 1.54) is 22.5 Å². The molecule has 2 fully saturated rings. The van der Waals surface area contributed by atoms with Gasteiger partial charge in [-0.2, -0.15) is 22.7 Å². The summed E-state index contributed by atoms with van der Waals surface area (Å²) in [6, 6.07) is 12.3. The van der Waals surface area contributed by atoms with Crippen LogP contribution in [0.25, 0.3) is 21.1 Å². The minimum atomic E-state index is -4.26. The molecule has 1 aromatic carbocycles. The molecule has 45 heavy (non-hydrogen) atoms. The molecule has 3 aromatic heterocycles. The fraction of sp³-hybridized carbons (Fsp3) is 0.500. The number of nitrogens with one attached hydrogen (secondary N) is 1. The van der Waals surface area contributed by atoms with Gasteiger partial charge in [-0.15, -0.1) is 11.3 Å². The zero-order chi connectivity index (χ0) is 31.8. The maximum absolute atomic E-state index is 12.9. The number of piperidine rings is 1. The molecule has 1 N–H and O–H groups in total. The van der Waals surface area contributed by atoms with Gasteiger partial charge in [-0.3, -0.25) is 9.80 Å². The van der Waals surface area contributed by atoms with Crippen LogP contribution >= 0.6 is 11.3 Å². The van der Waals surface area contributed by atoms with Crippen molar-refractivity contribution in [3.05, 3.63) is 52.8 Å². The van der Waals surface area contributed by atoms with Crippen molar-refractivity contribution in [3.63, 3.8) is 0 Å². The first-order valence-corrected chi connectivity index (χ1v) is 17.6. The molecule has 2 aliphatic rings. The second kappa shape index (κ2) is 12.8. The Hall–Kier alpha value is -3.29. The van der Waals surface area contributed by atoms with Gasteiger partial charge in [-0.05, 0) is 42.7 Å².